The largest absolute Gasteiger partial charge is 0.422 e. The van der Waals surface area contributed by atoms with E-state index in [4.69, 9.17) is 4.42 Å². The summed E-state index contributed by atoms with van der Waals surface area (Å²) >= 11 is 1.54. The molecule has 4 aromatic rings. The summed E-state index contributed by atoms with van der Waals surface area (Å²) in [5.74, 6) is 0.0510. The van der Waals surface area contributed by atoms with Gasteiger partial charge in [-0.05, 0) is 35.7 Å². The second-order valence-electron chi connectivity index (χ2n) is 5.64. The predicted molar refractivity (Wildman–Crippen MR) is 102 cm³/mol. The Morgan fingerprint density at radius 2 is 1.92 bits per heavy atom. The maximum absolute atomic E-state index is 13.2. The molecule has 4 rings (SSSR count). The molecule has 3 heterocycles. The molecule has 1 amide bonds. The lowest BCUT2D eigenvalue weighted by Crippen LogP contribution is -2.34. The fourth-order valence-electron chi connectivity index (χ4n) is 2.69. The van der Waals surface area contributed by atoms with Crippen molar-refractivity contribution in [3.63, 3.8) is 0 Å². The van der Waals surface area contributed by atoms with Crippen LogP contribution >= 0.6 is 11.3 Å². The van der Waals surface area contributed by atoms with Gasteiger partial charge in [0, 0.05) is 16.5 Å². The van der Waals surface area contributed by atoms with Crippen molar-refractivity contribution >= 4 is 34.0 Å². The van der Waals surface area contributed by atoms with Gasteiger partial charge >= 0.3 is 5.63 Å². The Balaban J connectivity index is 1.79. The van der Waals surface area contributed by atoms with Crippen LogP contribution in [0.1, 0.15) is 15.2 Å². The minimum Gasteiger partial charge on any atom is -0.422 e. The van der Waals surface area contributed by atoms with Crippen LogP contribution in [0, 0.1) is 0 Å². The number of rotatable bonds is 4. The maximum atomic E-state index is 13.2. The third-order valence-electron chi connectivity index (χ3n) is 3.94. The Bertz CT molecular complexity index is 1100. The van der Waals surface area contributed by atoms with Gasteiger partial charge in [0.15, 0.2) is 0 Å². The molecule has 0 fully saturated rings. The van der Waals surface area contributed by atoms with E-state index in [-0.39, 0.29) is 5.56 Å². The molecular formula is C20H14N2O3S. The lowest BCUT2D eigenvalue weighted by molar-refractivity contribution is 0.0981. The van der Waals surface area contributed by atoms with Gasteiger partial charge in [-0.2, -0.15) is 0 Å². The lowest BCUT2D eigenvalue weighted by Gasteiger charge is -2.20. The molecule has 0 atom stereocenters. The molecule has 0 spiro atoms. The van der Waals surface area contributed by atoms with Crippen LogP contribution in [0.15, 0.2) is 81.5 Å². The number of para-hydroxylation sites is 1. The van der Waals surface area contributed by atoms with E-state index in [0.717, 1.165) is 4.88 Å². The number of hydrogen-bond acceptors (Lipinski definition) is 5. The minimum absolute atomic E-state index is 0.00842. The van der Waals surface area contributed by atoms with Crippen molar-refractivity contribution in [3.05, 3.63) is 93.1 Å². The molecule has 26 heavy (non-hydrogen) atoms. The molecule has 0 aliphatic heterocycles. The Morgan fingerprint density at radius 3 is 2.69 bits per heavy atom. The van der Waals surface area contributed by atoms with Crippen molar-refractivity contribution in [3.8, 4) is 0 Å². The molecule has 1 aromatic carbocycles. The molecule has 5 nitrogen and oxygen atoms in total. The zero-order valence-electron chi connectivity index (χ0n) is 13.7. The van der Waals surface area contributed by atoms with Crippen LogP contribution in [-0.2, 0) is 6.54 Å². The number of hydrogen-bond donors (Lipinski definition) is 0. The normalized spacial score (nSPS) is 10.8. The van der Waals surface area contributed by atoms with Crippen LogP contribution in [-0.4, -0.2) is 10.9 Å². The molecule has 0 saturated heterocycles. The first-order valence-electron chi connectivity index (χ1n) is 8.00. The van der Waals surface area contributed by atoms with Crippen molar-refractivity contribution in [1.29, 1.82) is 0 Å². The van der Waals surface area contributed by atoms with Gasteiger partial charge in [0.2, 0.25) is 0 Å². The van der Waals surface area contributed by atoms with Gasteiger partial charge in [-0.1, -0.05) is 30.3 Å². The summed E-state index contributed by atoms with van der Waals surface area (Å²) < 4.78 is 5.31. The van der Waals surface area contributed by atoms with Crippen molar-refractivity contribution < 1.29 is 9.21 Å². The van der Waals surface area contributed by atoms with Crippen molar-refractivity contribution in [2.45, 2.75) is 6.54 Å². The summed E-state index contributed by atoms with van der Waals surface area (Å²) in [4.78, 5) is 32.3. The number of aromatic nitrogens is 1. The van der Waals surface area contributed by atoms with Gasteiger partial charge in [0.25, 0.3) is 5.91 Å². The van der Waals surface area contributed by atoms with E-state index in [1.165, 1.54) is 4.90 Å². The van der Waals surface area contributed by atoms with E-state index < -0.39 is 11.5 Å². The summed E-state index contributed by atoms with van der Waals surface area (Å²) in [5.41, 5.74) is -0.205. The number of amides is 1. The average Bonchev–Trinajstić information content (AvgIpc) is 3.19. The Labute approximate surface area is 153 Å². The smallest absolute Gasteiger partial charge is 0.349 e. The highest BCUT2D eigenvalue weighted by Gasteiger charge is 2.23. The highest BCUT2D eigenvalue weighted by molar-refractivity contribution is 7.09. The monoisotopic (exact) mass is 362 g/mol. The first-order valence-corrected chi connectivity index (χ1v) is 8.88. The number of carbonyl (C=O) groups excluding carboxylic acids is 1. The first kappa shape index (κ1) is 16.2. The van der Waals surface area contributed by atoms with E-state index in [1.807, 2.05) is 23.6 Å². The summed E-state index contributed by atoms with van der Waals surface area (Å²) in [5, 5.41) is 2.65. The Morgan fingerprint density at radius 1 is 1.08 bits per heavy atom. The zero-order chi connectivity index (χ0) is 17.9. The highest BCUT2D eigenvalue weighted by Crippen LogP contribution is 2.21. The number of benzene rings is 1. The molecule has 0 radical (unpaired) electrons. The van der Waals surface area contributed by atoms with Crippen molar-refractivity contribution in [1.82, 2.24) is 4.98 Å². The van der Waals surface area contributed by atoms with E-state index in [9.17, 15) is 9.59 Å². The number of pyridine rings is 1. The number of nitrogens with zero attached hydrogens (tertiary/aromatic N) is 2. The van der Waals surface area contributed by atoms with Crippen LogP contribution < -0.4 is 10.5 Å². The third kappa shape index (κ3) is 3.14. The quantitative estimate of drug-likeness (QED) is 0.513. The molecule has 0 unspecified atom stereocenters. The van der Waals surface area contributed by atoms with Crippen LogP contribution in [0.5, 0.6) is 0 Å². The minimum atomic E-state index is -0.652. The van der Waals surface area contributed by atoms with Crippen LogP contribution in [0.3, 0.4) is 0 Å². The molecule has 6 heteroatoms. The molecule has 0 aliphatic rings. The van der Waals surface area contributed by atoms with Gasteiger partial charge in [-0.3, -0.25) is 9.69 Å². The van der Waals surface area contributed by atoms with E-state index in [1.54, 1.807) is 60.0 Å². The van der Waals surface area contributed by atoms with Crippen molar-refractivity contribution in [2.75, 3.05) is 4.90 Å². The Hall–Kier alpha value is -3.25. The van der Waals surface area contributed by atoms with Gasteiger partial charge in [0.1, 0.15) is 17.0 Å². The van der Waals surface area contributed by atoms with Gasteiger partial charge in [-0.25, -0.2) is 9.78 Å². The number of anilines is 1. The van der Waals surface area contributed by atoms with Crippen molar-refractivity contribution in [2.24, 2.45) is 0 Å². The van der Waals surface area contributed by atoms with Crippen LogP contribution in [0.4, 0.5) is 5.82 Å². The number of fused-ring (bicyclic) bond motifs is 1. The Kier molecular flexibility index (Phi) is 4.33. The van der Waals surface area contributed by atoms with E-state index in [2.05, 4.69) is 4.98 Å². The molecule has 128 valence electrons. The molecule has 0 aliphatic carbocycles. The van der Waals surface area contributed by atoms with E-state index >= 15 is 0 Å². The predicted octanol–water partition coefficient (Wildman–Crippen LogP) is 4.10. The standard InChI is InChI=1S/C20H14N2O3S/c23-19(16-12-14-6-1-2-8-17(14)25-20(16)24)22(13-15-7-5-11-26-15)18-9-3-4-10-21-18/h1-12H,13H2. The zero-order valence-corrected chi connectivity index (χ0v) is 14.5. The molecule has 0 saturated carbocycles. The number of thiophene rings is 1. The van der Waals surface area contributed by atoms with Crippen LogP contribution in [0.25, 0.3) is 11.0 Å². The number of carbonyl (C=O) groups is 1. The van der Waals surface area contributed by atoms with Gasteiger partial charge in [0.05, 0.1) is 6.54 Å². The van der Waals surface area contributed by atoms with Gasteiger partial charge in [-0.15, -0.1) is 11.3 Å². The first-order chi connectivity index (χ1) is 12.7. The third-order valence-corrected chi connectivity index (χ3v) is 4.80. The summed E-state index contributed by atoms with van der Waals surface area (Å²) in [6.45, 7) is 0.333. The SMILES string of the molecule is O=C(c1cc2ccccc2oc1=O)N(Cc1cccs1)c1ccccn1. The second-order valence-corrected chi connectivity index (χ2v) is 6.68. The van der Waals surface area contributed by atoms with E-state index in [0.29, 0.717) is 23.3 Å². The second kappa shape index (κ2) is 6.93. The molecule has 3 aromatic heterocycles. The average molecular weight is 362 g/mol. The lowest BCUT2D eigenvalue weighted by atomic mass is 10.1. The van der Waals surface area contributed by atoms with Crippen LogP contribution in [0.2, 0.25) is 0 Å². The van der Waals surface area contributed by atoms with Gasteiger partial charge < -0.3 is 4.42 Å². The summed E-state index contributed by atoms with van der Waals surface area (Å²) in [6.07, 6.45) is 1.62. The fraction of sp³-hybridized carbons (Fsp3) is 0.0500. The fourth-order valence-corrected chi connectivity index (χ4v) is 3.38. The topological polar surface area (TPSA) is 63.4 Å². The molecule has 0 N–H and O–H groups in total. The highest BCUT2D eigenvalue weighted by atomic mass is 32.1. The molecular weight excluding hydrogens is 348 g/mol. The summed E-state index contributed by atoms with van der Waals surface area (Å²) in [7, 11) is 0. The maximum Gasteiger partial charge on any atom is 0.349 e. The molecule has 0 bridgehead atoms. The summed E-state index contributed by atoms with van der Waals surface area (Å²) in [6, 6.07) is 17.9.